The standard InChI is InChI=1S/C21H18BrN5O3/c22-14-5-6-17-24-15(11-26(17)10-14)9-23-18(28)12-27-19(29)21(25-20(27)30)8-7-13-3-1-2-4-16(13)21/h1-6,10-11H,7-9,12H2,(H,23,28)(H,25,30). The topological polar surface area (TPSA) is 95.8 Å². The largest absolute Gasteiger partial charge is 0.349 e. The lowest BCUT2D eigenvalue weighted by molar-refractivity contribution is -0.135. The Labute approximate surface area is 180 Å². The minimum Gasteiger partial charge on any atom is -0.349 e. The fourth-order valence-corrected chi connectivity index (χ4v) is 4.58. The first kappa shape index (κ1) is 18.8. The number of imide groups is 1. The minimum atomic E-state index is -1.05. The zero-order valence-corrected chi connectivity index (χ0v) is 17.5. The first-order valence-corrected chi connectivity index (χ1v) is 10.4. The molecule has 1 aliphatic carbocycles. The van der Waals surface area contributed by atoms with Crippen molar-refractivity contribution in [2.75, 3.05) is 6.54 Å². The van der Waals surface area contributed by atoms with Crippen molar-refractivity contribution in [3.05, 3.63) is 70.1 Å². The average molecular weight is 468 g/mol. The van der Waals surface area contributed by atoms with Gasteiger partial charge in [0.25, 0.3) is 5.91 Å². The van der Waals surface area contributed by atoms with Crippen molar-refractivity contribution in [3.8, 4) is 0 Å². The number of carbonyl (C=O) groups is 3. The second kappa shape index (κ2) is 6.94. The van der Waals surface area contributed by atoms with Crippen LogP contribution in [-0.4, -0.2) is 38.7 Å². The Morgan fingerprint density at radius 3 is 2.90 bits per heavy atom. The number of nitrogens with one attached hydrogen (secondary N) is 2. The Balaban J connectivity index is 1.27. The SMILES string of the molecule is O=C(CN1C(=O)NC2(CCc3ccccc32)C1=O)NCc1cn2cc(Br)ccc2n1. The molecule has 1 saturated heterocycles. The molecule has 30 heavy (non-hydrogen) atoms. The number of aryl methyl sites for hydroxylation is 1. The van der Waals surface area contributed by atoms with Crippen LogP contribution in [0.5, 0.6) is 0 Å². The van der Waals surface area contributed by atoms with E-state index in [1.165, 1.54) is 0 Å². The predicted octanol–water partition coefficient (Wildman–Crippen LogP) is 2.11. The van der Waals surface area contributed by atoms with E-state index < -0.39 is 17.5 Å². The van der Waals surface area contributed by atoms with Gasteiger partial charge in [-0.1, -0.05) is 24.3 Å². The molecule has 1 fully saturated rings. The van der Waals surface area contributed by atoms with Gasteiger partial charge in [-0.2, -0.15) is 0 Å². The normalized spacial score (nSPS) is 20.1. The van der Waals surface area contributed by atoms with E-state index in [1.807, 2.05) is 53.2 Å². The Morgan fingerprint density at radius 2 is 2.03 bits per heavy atom. The quantitative estimate of drug-likeness (QED) is 0.574. The molecule has 1 aliphatic heterocycles. The molecule has 1 unspecified atom stereocenters. The molecule has 0 bridgehead atoms. The van der Waals surface area contributed by atoms with Gasteiger partial charge in [-0.3, -0.25) is 14.5 Å². The zero-order chi connectivity index (χ0) is 20.9. The number of imidazole rings is 1. The third-order valence-electron chi connectivity index (χ3n) is 5.66. The van der Waals surface area contributed by atoms with E-state index >= 15 is 0 Å². The van der Waals surface area contributed by atoms with Crippen LogP contribution in [0.4, 0.5) is 4.79 Å². The summed E-state index contributed by atoms with van der Waals surface area (Å²) in [7, 11) is 0. The lowest BCUT2D eigenvalue weighted by Crippen LogP contribution is -2.43. The molecule has 4 amide bonds. The Bertz CT molecular complexity index is 1210. The molecule has 152 valence electrons. The average Bonchev–Trinajstić information content (AvgIpc) is 3.37. The van der Waals surface area contributed by atoms with Crippen LogP contribution in [0.3, 0.4) is 0 Å². The molecule has 2 aromatic heterocycles. The molecule has 8 nitrogen and oxygen atoms in total. The van der Waals surface area contributed by atoms with Crippen molar-refractivity contribution in [2.45, 2.75) is 24.9 Å². The zero-order valence-electron chi connectivity index (χ0n) is 15.9. The summed E-state index contributed by atoms with van der Waals surface area (Å²) in [6.45, 7) is -0.122. The fraction of sp³-hybridized carbons (Fsp3) is 0.238. The summed E-state index contributed by atoms with van der Waals surface area (Å²) in [6.07, 6.45) is 4.91. The van der Waals surface area contributed by atoms with Crippen molar-refractivity contribution in [2.24, 2.45) is 0 Å². The van der Waals surface area contributed by atoms with Gasteiger partial charge in [-0.25, -0.2) is 9.78 Å². The molecule has 9 heteroatoms. The van der Waals surface area contributed by atoms with Gasteiger partial charge in [0.2, 0.25) is 5.91 Å². The van der Waals surface area contributed by atoms with Crippen molar-refractivity contribution >= 4 is 39.4 Å². The van der Waals surface area contributed by atoms with Gasteiger partial charge in [0.15, 0.2) is 0 Å². The van der Waals surface area contributed by atoms with Crippen molar-refractivity contribution in [1.29, 1.82) is 0 Å². The van der Waals surface area contributed by atoms with Crippen LogP contribution in [-0.2, 0) is 28.1 Å². The summed E-state index contributed by atoms with van der Waals surface area (Å²) in [5.41, 5.74) is 2.26. The number of hydrogen-bond acceptors (Lipinski definition) is 4. The smallest absolute Gasteiger partial charge is 0.325 e. The maximum Gasteiger partial charge on any atom is 0.325 e. The molecule has 5 rings (SSSR count). The van der Waals surface area contributed by atoms with Crippen molar-refractivity contribution in [3.63, 3.8) is 0 Å². The van der Waals surface area contributed by atoms with Gasteiger partial charge in [-0.15, -0.1) is 0 Å². The first-order valence-electron chi connectivity index (χ1n) is 9.59. The van der Waals surface area contributed by atoms with Crippen LogP contribution in [0, 0.1) is 0 Å². The number of hydrogen-bond donors (Lipinski definition) is 2. The van der Waals surface area contributed by atoms with E-state index in [-0.39, 0.29) is 19.0 Å². The number of benzene rings is 1. The van der Waals surface area contributed by atoms with Gasteiger partial charge in [0.05, 0.1) is 12.2 Å². The van der Waals surface area contributed by atoms with Gasteiger partial charge in [0.1, 0.15) is 17.7 Å². The number of pyridine rings is 1. The number of halogens is 1. The molecule has 3 heterocycles. The number of amides is 4. The Hall–Kier alpha value is -3.20. The molecule has 1 atom stereocenters. The second-order valence-corrected chi connectivity index (χ2v) is 8.42. The Kier molecular flexibility index (Phi) is 4.35. The third kappa shape index (κ3) is 2.97. The van der Waals surface area contributed by atoms with E-state index in [4.69, 9.17) is 0 Å². The highest BCUT2D eigenvalue weighted by Gasteiger charge is 2.55. The van der Waals surface area contributed by atoms with Crippen LogP contribution < -0.4 is 10.6 Å². The number of rotatable bonds is 4. The number of carbonyl (C=O) groups excluding carboxylic acids is 3. The Morgan fingerprint density at radius 1 is 1.20 bits per heavy atom. The lowest BCUT2D eigenvalue weighted by Gasteiger charge is -2.22. The molecule has 2 aliphatic rings. The van der Waals surface area contributed by atoms with E-state index in [2.05, 4.69) is 31.5 Å². The van der Waals surface area contributed by atoms with Gasteiger partial charge in [-0.05, 0) is 52.0 Å². The maximum absolute atomic E-state index is 13.1. The first-order chi connectivity index (χ1) is 14.5. The molecule has 1 spiro atoms. The van der Waals surface area contributed by atoms with Crippen molar-refractivity contribution in [1.82, 2.24) is 24.9 Å². The number of urea groups is 1. The van der Waals surface area contributed by atoms with Gasteiger partial charge < -0.3 is 15.0 Å². The highest BCUT2D eigenvalue weighted by Crippen LogP contribution is 2.41. The summed E-state index contributed by atoms with van der Waals surface area (Å²) in [5.74, 6) is -0.787. The minimum absolute atomic E-state index is 0.204. The molecular weight excluding hydrogens is 450 g/mol. The van der Waals surface area contributed by atoms with Crippen LogP contribution in [0.1, 0.15) is 23.2 Å². The highest BCUT2D eigenvalue weighted by molar-refractivity contribution is 9.10. The van der Waals surface area contributed by atoms with E-state index in [9.17, 15) is 14.4 Å². The molecule has 2 N–H and O–H groups in total. The number of nitrogens with zero attached hydrogens (tertiary/aromatic N) is 3. The van der Waals surface area contributed by atoms with Crippen LogP contribution in [0.15, 0.2) is 53.3 Å². The molecule has 0 radical (unpaired) electrons. The van der Waals surface area contributed by atoms with Crippen molar-refractivity contribution < 1.29 is 14.4 Å². The fourth-order valence-electron chi connectivity index (χ4n) is 4.22. The molecule has 3 aromatic rings. The summed E-state index contributed by atoms with van der Waals surface area (Å²) < 4.78 is 2.77. The molecular formula is C21H18BrN5O3. The summed E-state index contributed by atoms with van der Waals surface area (Å²) in [6, 6.07) is 10.8. The summed E-state index contributed by atoms with van der Waals surface area (Å²) in [4.78, 5) is 43.5. The van der Waals surface area contributed by atoms with Gasteiger partial charge >= 0.3 is 6.03 Å². The van der Waals surface area contributed by atoms with Crippen LogP contribution >= 0.6 is 15.9 Å². The predicted molar refractivity (Wildman–Crippen MR) is 111 cm³/mol. The van der Waals surface area contributed by atoms with E-state index in [0.717, 1.165) is 26.1 Å². The van der Waals surface area contributed by atoms with Gasteiger partial charge in [0, 0.05) is 16.9 Å². The maximum atomic E-state index is 13.1. The lowest BCUT2D eigenvalue weighted by atomic mass is 9.92. The monoisotopic (exact) mass is 467 g/mol. The van der Waals surface area contributed by atoms with Crippen LogP contribution in [0.2, 0.25) is 0 Å². The highest BCUT2D eigenvalue weighted by atomic mass is 79.9. The van der Waals surface area contributed by atoms with E-state index in [1.54, 1.807) is 0 Å². The van der Waals surface area contributed by atoms with E-state index in [0.29, 0.717) is 18.5 Å². The summed E-state index contributed by atoms with van der Waals surface area (Å²) in [5, 5.41) is 5.57. The molecule has 1 aromatic carbocycles. The van der Waals surface area contributed by atoms with Crippen LogP contribution in [0.25, 0.3) is 5.65 Å². The summed E-state index contributed by atoms with van der Waals surface area (Å²) >= 11 is 3.41. The third-order valence-corrected chi connectivity index (χ3v) is 6.12. The number of fused-ring (bicyclic) bond motifs is 3. The molecule has 0 saturated carbocycles. The number of aromatic nitrogens is 2. The second-order valence-electron chi connectivity index (χ2n) is 7.51.